The molecule has 0 atom stereocenters. The van der Waals surface area contributed by atoms with Gasteiger partial charge in [0.25, 0.3) is 5.91 Å². The highest BCUT2D eigenvalue weighted by Crippen LogP contribution is 2.16. The average molecular weight is 250 g/mol. The van der Waals surface area contributed by atoms with Gasteiger partial charge in [0.05, 0.1) is 6.07 Å². The Morgan fingerprint density at radius 1 is 1.11 bits per heavy atom. The number of hydrogen-bond acceptors (Lipinski definition) is 2. The molecule has 3 nitrogen and oxygen atoms in total. The van der Waals surface area contributed by atoms with Crippen molar-refractivity contribution in [2.45, 2.75) is 6.92 Å². The summed E-state index contributed by atoms with van der Waals surface area (Å²) in [6.45, 7) is 2.01. The van der Waals surface area contributed by atoms with Crippen molar-refractivity contribution in [2.24, 2.45) is 0 Å². The molecule has 0 spiro atoms. The minimum absolute atomic E-state index is 0.0384. The summed E-state index contributed by atoms with van der Waals surface area (Å²) < 4.78 is 0. The molecule has 0 heterocycles. The van der Waals surface area contributed by atoms with Gasteiger partial charge in [0.15, 0.2) is 0 Å². The van der Waals surface area contributed by atoms with E-state index in [4.69, 9.17) is 5.26 Å². The Morgan fingerprint density at radius 3 is 2.32 bits per heavy atom. The summed E-state index contributed by atoms with van der Waals surface area (Å²) in [5.74, 6) is -0.159. The third kappa shape index (κ3) is 2.99. The lowest BCUT2D eigenvalue weighted by molar-refractivity contribution is 0.0990. The van der Waals surface area contributed by atoms with Gasteiger partial charge in [0.1, 0.15) is 6.54 Å². The number of aryl methyl sites for hydroxylation is 1. The second kappa shape index (κ2) is 5.83. The minimum Gasteiger partial charge on any atom is -0.295 e. The third-order valence-electron chi connectivity index (χ3n) is 2.84. The lowest BCUT2D eigenvalue weighted by Crippen LogP contribution is -2.31. The van der Waals surface area contributed by atoms with E-state index in [-0.39, 0.29) is 12.5 Å². The monoisotopic (exact) mass is 250 g/mol. The molecule has 2 aromatic rings. The van der Waals surface area contributed by atoms with Crippen molar-refractivity contribution >= 4 is 11.6 Å². The van der Waals surface area contributed by atoms with Gasteiger partial charge < -0.3 is 0 Å². The van der Waals surface area contributed by atoms with E-state index in [1.807, 2.05) is 55.5 Å². The molecule has 19 heavy (non-hydrogen) atoms. The number of hydrogen-bond donors (Lipinski definition) is 0. The molecular formula is C16H14N2O. The van der Waals surface area contributed by atoms with Crippen LogP contribution in [0.2, 0.25) is 0 Å². The van der Waals surface area contributed by atoms with Gasteiger partial charge in [-0.1, -0.05) is 35.9 Å². The van der Waals surface area contributed by atoms with Crippen molar-refractivity contribution in [3.63, 3.8) is 0 Å². The van der Waals surface area contributed by atoms with Crippen molar-refractivity contribution in [3.05, 3.63) is 65.7 Å². The van der Waals surface area contributed by atoms with Gasteiger partial charge in [-0.25, -0.2) is 0 Å². The van der Waals surface area contributed by atoms with Crippen LogP contribution in [-0.2, 0) is 0 Å². The van der Waals surface area contributed by atoms with E-state index in [1.54, 1.807) is 12.1 Å². The second-order valence-electron chi connectivity index (χ2n) is 4.25. The van der Waals surface area contributed by atoms with E-state index in [0.29, 0.717) is 5.56 Å². The Labute approximate surface area is 112 Å². The van der Waals surface area contributed by atoms with Crippen LogP contribution in [0.5, 0.6) is 0 Å². The summed E-state index contributed by atoms with van der Waals surface area (Å²) in [4.78, 5) is 13.9. The smallest absolute Gasteiger partial charge is 0.259 e. The molecule has 0 aromatic heterocycles. The Balaban J connectivity index is 2.32. The molecular weight excluding hydrogens is 236 g/mol. The van der Waals surface area contributed by atoms with Crippen LogP contribution in [0.15, 0.2) is 54.6 Å². The predicted molar refractivity (Wildman–Crippen MR) is 74.9 cm³/mol. The van der Waals surface area contributed by atoms with E-state index < -0.39 is 0 Å². The number of nitrogens with zero attached hydrogens (tertiary/aromatic N) is 2. The Bertz CT molecular complexity index is 597. The van der Waals surface area contributed by atoms with Gasteiger partial charge in [-0.15, -0.1) is 0 Å². The van der Waals surface area contributed by atoms with Crippen LogP contribution in [0.1, 0.15) is 15.9 Å². The SMILES string of the molecule is Cc1ccc(C(=O)N(CC#N)c2ccccc2)cc1. The minimum atomic E-state index is -0.159. The zero-order chi connectivity index (χ0) is 13.7. The molecule has 0 N–H and O–H groups in total. The number of anilines is 1. The summed E-state index contributed by atoms with van der Waals surface area (Å²) in [6.07, 6.45) is 0. The zero-order valence-corrected chi connectivity index (χ0v) is 10.7. The molecule has 0 unspecified atom stereocenters. The van der Waals surface area contributed by atoms with Crippen molar-refractivity contribution in [1.29, 1.82) is 5.26 Å². The first-order valence-electron chi connectivity index (χ1n) is 6.03. The van der Waals surface area contributed by atoms with Gasteiger partial charge in [-0.2, -0.15) is 5.26 Å². The molecule has 94 valence electrons. The maximum absolute atomic E-state index is 12.4. The fourth-order valence-corrected chi connectivity index (χ4v) is 1.81. The van der Waals surface area contributed by atoms with Crippen molar-refractivity contribution in [1.82, 2.24) is 0 Å². The maximum atomic E-state index is 12.4. The number of benzene rings is 2. The maximum Gasteiger partial charge on any atom is 0.259 e. The summed E-state index contributed by atoms with van der Waals surface area (Å²) in [7, 11) is 0. The lowest BCUT2D eigenvalue weighted by atomic mass is 10.1. The van der Waals surface area contributed by atoms with Gasteiger partial charge >= 0.3 is 0 Å². The van der Waals surface area contributed by atoms with E-state index in [9.17, 15) is 4.79 Å². The predicted octanol–water partition coefficient (Wildman–Crippen LogP) is 3.17. The fraction of sp³-hybridized carbons (Fsp3) is 0.125. The van der Waals surface area contributed by atoms with Crippen LogP contribution >= 0.6 is 0 Å². The topological polar surface area (TPSA) is 44.1 Å². The molecule has 0 saturated carbocycles. The molecule has 3 heteroatoms. The first kappa shape index (κ1) is 12.8. The van der Waals surface area contributed by atoms with E-state index >= 15 is 0 Å². The van der Waals surface area contributed by atoms with Crippen LogP contribution in [0.25, 0.3) is 0 Å². The van der Waals surface area contributed by atoms with Crippen molar-refractivity contribution in [3.8, 4) is 6.07 Å². The molecule has 0 saturated heterocycles. The first-order valence-corrected chi connectivity index (χ1v) is 6.03. The average Bonchev–Trinajstić information content (AvgIpc) is 2.46. The summed E-state index contributed by atoms with van der Waals surface area (Å²) in [6, 6.07) is 18.6. The highest BCUT2D eigenvalue weighted by atomic mass is 16.2. The summed E-state index contributed by atoms with van der Waals surface area (Å²) in [5, 5.41) is 8.89. The highest BCUT2D eigenvalue weighted by molar-refractivity contribution is 6.06. The number of rotatable bonds is 3. The first-order chi connectivity index (χ1) is 9.22. The number of carbonyl (C=O) groups is 1. The lowest BCUT2D eigenvalue weighted by Gasteiger charge is -2.19. The van der Waals surface area contributed by atoms with E-state index in [2.05, 4.69) is 0 Å². The van der Waals surface area contributed by atoms with Crippen LogP contribution in [-0.4, -0.2) is 12.5 Å². The Kier molecular flexibility index (Phi) is 3.94. The van der Waals surface area contributed by atoms with Crippen molar-refractivity contribution < 1.29 is 4.79 Å². The molecule has 0 aliphatic carbocycles. The largest absolute Gasteiger partial charge is 0.295 e. The van der Waals surface area contributed by atoms with Crippen LogP contribution in [0, 0.1) is 18.3 Å². The molecule has 2 rings (SSSR count). The number of nitriles is 1. The van der Waals surface area contributed by atoms with E-state index in [0.717, 1.165) is 11.3 Å². The van der Waals surface area contributed by atoms with Crippen LogP contribution in [0.4, 0.5) is 5.69 Å². The van der Waals surface area contributed by atoms with Gasteiger partial charge in [0, 0.05) is 11.3 Å². The molecule has 0 aliphatic rings. The third-order valence-corrected chi connectivity index (χ3v) is 2.84. The molecule has 0 fully saturated rings. The summed E-state index contributed by atoms with van der Waals surface area (Å²) in [5.41, 5.74) is 2.42. The molecule has 0 bridgehead atoms. The zero-order valence-electron chi connectivity index (χ0n) is 10.7. The van der Waals surface area contributed by atoms with Gasteiger partial charge in [-0.05, 0) is 31.2 Å². The fourth-order valence-electron chi connectivity index (χ4n) is 1.81. The Hall–Kier alpha value is -2.60. The number of carbonyl (C=O) groups excluding carboxylic acids is 1. The standard InChI is InChI=1S/C16H14N2O/c1-13-7-9-14(10-8-13)16(19)18(12-11-17)15-5-3-2-4-6-15/h2-10H,12H2,1H3. The van der Waals surface area contributed by atoms with E-state index in [1.165, 1.54) is 4.90 Å². The van der Waals surface area contributed by atoms with Crippen LogP contribution < -0.4 is 4.90 Å². The normalized spacial score (nSPS) is 9.68. The number of para-hydroxylation sites is 1. The van der Waals surface area contributed by atoms with Gasteiger partial charge in [-0.3, -0.25) is 9.69 Å². The summed E-state index contributed by atoms with van der Waals surface area (Å²) >= 11 is 0. The Morgan fingerprint density at radius 2 is 1.74 bits per heavy atom. The van der Waals surface area contributed by atoms with Crippen LogP contribution in [0.3, 0.4) is 0 Å². The second-order valence-corrected chi connectivity index (χ2v) is 4.25. The van der Waals surface area contributed by atoms with Gasteiger partial charge in [0.2, 0.25) is 0 Å². The highest BCUT2D eigenvalue weighted by Gasteiger charge is 2.16. The molecule has 0 radical (unpaired) electrons. The molecule has 0 aliphatic heterocycles. The van der Waals surface area contributed by atoms with Crippen molar-refractivity contribution in [2.75, 3.05) is 11.4 Å². The quantitative estimate of drug-likeness (QED) is 0.785. The molecule has 2 aromatic carbocycles. The molecule has 1 amide bonds. The number of amides is 1.